The molecule has 0 unspecified atom stereocenters. The van der Waals surface area contributed by atoms with Crippen LogP contribution in [0, 0.1) is 17.0 Å². The number of carbonyl (C=O) groups excluding carboxylic acids is 1. The molecular formula is C13H17N3O3. The first-order chi connectivity index (χ1) is 8.99. The van der Waals surface area contributed by atoms with Crippen molar-refractivity contribution in [3.8, 4) is 0 Å². The second-order valence-corrected chi connectivity index (χ2v) is 4.88. The maximum absolute atomic E-state index is 12.4. The van der Waals surface area contributed by atoms with Gasteiger partial charge in [-0.25, -0.2) is 0 Å². The van der Waals surface area contributed by atoms with Crippen molar-refractivity contribution in [3.05, 3.63) is 39.4 Å². The monoisotopic (exact) mass is 263 g/mol. The number of carbonyl (C=O) groups is 1. The Kier molecular flexibility index (Phi) is 3.80. The van der Waals surface area contributed by atoms with Crippen molar-refractivity contribution in [1.82, 2.24) is 10.2 Å². The molecule has 1 fully saturated rings. The molecule has 1 aromatic rings. The van der Waals surface area contributed by atoms with Gasteiger partial charge in [-0.1, -0.05) is 6.07 Å². The van der Waals surface area contributed by atoms with Crippen LogP contribution in [0.3, 0.4) is 0 Å². The molecule has 1 aliphatic heterocycles. The summed E-state index contributed by atoms with van der Waals surface area (Å²) in [6, 6.07) is 4.85. The highest BCUT2D eigenvalue weighted by molar-refractivity contribution is 5.98. The van der Waals surface area contributed by atoms with E-state index in [2.05, 4.69) is 5.32 Å². The van der Waals surface area contributed by atoms with Crippen LogP contribution < -0.4 is 5.32 Å². The molecule has 0 spiro atoms. The summed E-state index contributed by atoms with van der Waals surface area (Å²) >= 11 is 0. The van der Waals surface area contributed by atoms with Crippen molar-refractivity contribution in [2.75, 3.05) is 19.6 Å². The van der Waals surface area contributed by atoms with Crippen molar-refractivity contribution in [1.29, 1.82) is 0 Å². The lowest BCUT2D eigenvalue weighted by atomic mass is 10.1. The Labute approximate surface area is 111 Å². The van der Waals surface area contributed by atoms with E-state index in [9.17, 15) is 14.9 Å². The number of hydrogen-bond donors (Lipinski definition) is 1. The fraction of sp³-hybridized carbons (Fsp3) is 0.462. The summed E-state index contributed by atoms with van der Waals surface area (Å²) in [6.07, 6.45) is 0. The lowest BCUT2D eigenvalue weighted by Gasteiger charge is -2.31. The van der Waals surface area contributed by atoms with Gasteiger partial charge in [0.2, 0.25) is 0 Å². The van der Waals surface area contributed by atoms with Gasteiger partial charge in [-0.2, -0.15) is 0 Å². The fourth-order valence-electron chi connectivity index (χ4n) is 2.27. The van der Waals surface area contributed by atoms with Crippen LogP contribution in [0.5, 0.6) is 0 Å². The average molecular weight is 263 g/mol. The Morgan fingerprint density at radius 2 is 2.26 bits per heavy atom. The minimum Gasteiger partial charge on any atom is -0.336 e. The van der Waals surface area contributed by atoms with Crippen LogP contribution in [0.25, 0.3) is 0 Å². The first-order valence-electron chi connectivity index (χ1n) is 6.26. The van der Waals surface area contributed by atoms with Gasteiger partial charge in [0, 0.05) is 31.7 Å². The van der Waals surface area contributed by atoms with E-state index in [1.54, 1.807) is 17.0 Å². The second kappa shape index (κ2) is 5.36. The highest BCUT2D eigenvalue weighted by atomic mass is 16.6. The van der Waals surface area contributed by atoms with Crippen molar-refractivity contribution in [3.63, 3.8) is 0 Å². The van der Waals surface area contributed by atoms with Gasteiger partial charge in [0.05, 0.1) is 4.92 Å². The molecule has 0 saturated carbocycles. The Bertz CT molecular complexity index is 516. The number of nitrogens with one attached hydrogen (secondary N) is 1. The minimum atomic E-state index is -0.502. The number of nitrogens with zero attached hydrogens (tertiary/aromatic N) is 2. The minimum absolute atomic E-state index is 0.123. The van der Waals surface area contributed by atoms with Crippen LogP contribution >= 0.6 is 0 Å². The molecule has 1 aliphatic rings. The summed E-state index contributed by atoms with van der Waals surface area (Å²) in [5.41, 5.74) is 0.901. The molecule has 1 atom stereocenters. The van der Waals surface area contributed by atoms with E-state index in [1.165, 1.54) is 6.07 Å². The van der Waals surface area contributed by atoms with E-state index >= 15 is 0 Å². The summed E-state index contributed by atoms with van der Waals surface area (Å²) in [5.74, 6) is -0.260. The van der Waals surface area contributed by atoms with Gasteiger partial charge in [0.1, 0.15) is 5.56 Å². The molecule has 0 radical (unpaired) electrons. The highest BCUT2D eigenvalue weighted by Crippen LogP contribution is 2.22. The van der Waals surface area contributed by atoms with Gasteiger partial charge in [0.25, 0.3) is 11.6 Å². The van der Waals surface area contributed by atoms with Crippen LogP contribution in [-0.4, -0.2) is 41.4 Å². The molecule has 19 heavy (non-hydrogen) atoms. The standard InChI is InChI=1S/C13H17N3O3/c1-9-3-4-12(16(18)19)11(7-9)13(17)15-6-5-14-10(2)8-15/h3-4,7,10,14H,5-6,8H2,1-2H3/t10-/m1/s1. The van der Waals surface area contributed by atoms with Crippen molar-refractivity contribution < 1.29 is 9.72 Å². The molecule has 6 heteroatoms. The van der Waals surface area contributed by atoms with E-state index in [0.717, 1.165) is 5.56 Å². The SMILES string of the molecule is Cc1ccc([N+](=O)[O-])c(C(=O)N2CCN[C@H](C)C2)c1. The number of benzene rings is 1. The van der Waals surface area contributed by atoms with Gasteiger partial charge in [0.15, 0.2) is 0 Å². The third kappa shape index (κ3) is 2.90. The Balaban J connectivity index is 2.32. The maximum Gasteiger partial charge on any atom is 0.282 e. The van der Waals surface area contributed by atoms with Gasteiger partial charge in [-0.3, -0.25) is 14.9 Å². The summed E-state index contributed by atoms with van der Waals surface area (Å²) in [5, 5.41) is 14.2. The number of hydrogen-bond acceptors (Lipinski definition) is 4. The molecular weight excluding hydrogens is 246 g/mol. The molecule has 0 aromatic heterocycles. The molecule has 6 nitrogen and oxygen atoms in total. The second-order valence-electron chi connectivity index (χ2n) is 4.88. The van der Waals surface area contributed by atoms with Gasteiger partial charge >= 0.3 is 0 Å². The Morgan fingerprint density at radius 3 is 2.89 bits per heavy atom. The summed E-state index contributed by atoms with van der Waals surface area (Å²) in [6.45, 7) is 5.68. The number of nitro benzene ring substituents is 1. The number of piperazine rings is 1. The molecule has 0 aliphatic carbocycles. The summed E-state index contributed by atoms with van der Waals surface area (Å²) in [7, 11) is 0. The van der Waals surface area contributed by atoms with Crippen LogP contribution in [0.15, 0.2) is 18.2 Å². The van der Waals surface area contributed by atoms with E-state index in [1.807, 2.05) is 13.8 Å². The smallest absolute Gasteiger partial charge is 0.282 e. The highest BCUT2D eigenvalue weighted by Gasteiger charge is 2.27. The van der Waals surface area contributed by atoms with Gasteiger partial charge in [-0.05, 0) is 25.5 Å². The lowest BCUT2D eigenvalue weighted by molar-refractivity contribution is -0.385. The van der Waals surface area contributed by atoms with Gasteiger partial charge < -0.3 is 10.2 Å². The molecule has 2 rings (SSSR count). The first kappa shape index (κ1) is 13.5. The third-order valence-corrected chi connectivity index (χ3v) is 3.24. The van der Waals surface area contributed by atoms with Crippen molar-refractivity contribution >= 4 is 11.6 Å². The third-order valence-electron chi connectivity index (χ3n) is 3.24. The average Bonchev–Trinajstić information content (AvgIpc) is 2.37. The quantitative estimate of drug-likeness (QED) is 0.645. The molecule has 1 aromatic carbocycles. The molecule has 102 valence electrons. The predicted molar refractivity (Wildman–Crippen MR) is 71.2 cm³/mol. The Hall–Kier alpha value is -1.95. The summed E-state index contributed by atoms with van der Waals surface area (Å²) in [4.78, 5) is 24.6. The van der Waals surface area contributed by atoms with Crippen molar-refractivity contribution in [2.45, 2.75) is 19.9 Å². The molecule has 1 amide bonds. The number of nitro groups is 1. The summed E-state index contributed by atoms with van der Waals surface area (Å²) < 4.78 is 0. The predicted octanol–water partition coefficient (Wildman–Crippen LogP) is 1.34. The number of aryl methyl sites for hydroxylation is 1. The van der Waals surface area contributed by atoms with Crippen LogP contribution in [0.2, 0.25) is 0 Å². The van der Waals surface area contributed by atoms with E-state index in [4.69, 9.17) is 0 Å². The maximum atomic E-state index is 12.4. The van der Waals surface area contributed by atoms with Crippen LogP contribution in [-0.2, 0) is 0 Å². The Morgan fingerprint density at radius 1 is 1.53 bits per heavy atom. The fourth-order valence-corrected chi connectivity index (χ4v) is 2.27. The molecule has 1 N–H and O–H groups in total. The zero-order valence-corrected chi connectivity index (χ0v) is 11.0. The first-order valence-corrected chi connectivity index (χ1v) is 6.26. The van der Waals surface area contributed by atoms with Crippen molar-refractivity contribution in [2.24, 2.45) is 0 Å². The van der Waals surface area contributed by atoms with E-state index < -0.39 is 4.92 Å². The lowest BCUT2D eigenvalue weighted by Crippen LogP contribution is -2.51. The largest absolute Gasteiger partial charge is 0.336 e. The van der Waals surface area contributed by atoms with Gasteiger partial charge in [-0.15, -0.1) is 0 Å². The topological polar surface area (TPSA) is 75.5 Å². The molecule has 1 heterocycles. The van der Waals surface area contributed by atoms with E-state index in [0.29, 0.717) is 19.6 Å². The van der Waals surface area contributed by atoms with E-state index in [-0.39, 0.29) is 23.2 Å². The molecule has 0 bridgehead atoms. The van der Waals surface area contributed by atoms with Crippen LogP contribution in [0.1, 0.15) is 22.8 Å². The number of amides is 1. The zero-order valence-electron chi connectivity index (χ0n) is 11.0. The normalized spacial score (nSPS) is 19.3. The zero-order chi connectivity index (χ0) is 14.0. The number of rotatable bonds is 2. The van der Waals surface area contributed by atoms with Crippen LogP contribution in [0.4, 0.5) is 5.69 Å². The molecule has 1 saturated heterocycles.